The van der Waals surface area contributed by atoms with Crippen LogP contribution in [0, 0.1) is 5.82 Å². The van der Waals surface area contributed by atoms with Gasteiger partial charge in [0.15, 0.2) is 5.96 Å². The van der Waals surface area contributed by atoms with Crippen molar-refractivity contribution in [1.82, 2.24) is 15.5 Å². The zero-order valence-corrected chi connectivity index (χ0v) is 18.4. The highest BCUT2D eigenvalue weighted by atomic mass is 19.1. The highest BCUT2D eigenvalue weighted by Crippen LogP contribution is 2.47. The van der Waals surface area contributed by atoms with Crippen LogP contribution in [-0.4, -0.2) is 50.3 Å². The van der Waals surface area contributed by atoms with Crippen LogP contribution in [0.1, 0.15) is 36.5 Å². The highest BCUT2D eigenvalue weighted by Gasteiger charge is 2.44. The SMILES string of the molecule is CCNC(=NCc1ccccc1CN1CCOCC1)NCC1(c2cccc(F)c2)CC1. The standard InChI is InChI=1S/C25H33FN4O/c1-2-27-24(29-19-25(10-11-25)22-8-5-9-23(26)16-22)28-17-20-6-3-4-7-21(20)18-30-12-14-31-15-13-30/h3-9,16H,2,10-15,17-19H2,1H3,(H2,27,28,29). The molecule has 0 radical (unpaired) electrons. The quantitative estimate of drug-likeness (QED) is 0.504. The van der Waals surface area contributed by atoms with Crippen molar-refractivity contribution in [2.45, 2.75) is 38.3 Å². The van der Waals surface area contributed by atoms with Gasteiger partial charge in [0.2, 0.25) is 0 Å². The summed E-state index contributed by atoms with van der Waals surface area (Å²) in [6, 6.07) is 15.5. The smallest absolute Gasteiger partial charge is 0.191 e. The van der Waals surface area contributed by atoms with Crippen LogP contribution in [0.25, 0.3) is 0 Å². The Morgan fingerprint density at radius 2 is 1.84 bits per heavy atom. The van der Waals surface area contributed by atoms with Crippen LogP contribution in [-0.2, 0) is 23.2 Å². The lowest BCUT2D eigenvalue weighted by atomic mass is 9.96. The first-order chi connectivity index (χ1) is 15.2. The van der Waals surface area contributed by atoms with Crippen molar-refractivity contribution < 1.29 is 9.13 Å². The Bertz CT molecular complexity index is 891. The number of benzene rings is 2. The number of nitrogens with zero attached hydrogens (tertiary/aromatic N) is 2. The fourth-order valence-electron chi connectivity index (χ4n) is 4.16. The lowest BCUT2D eigenvalue weighted by Crippen LogP contribution is -2.41. The summed E-state index contributed by atoms with van der Waals surface area (Å²) in [6.45, 7) is 8.76. The fraction of sp³-hybridized carbons (Fsp3) is 0.480. The van der Waals surface area contributed by atoms with Gasteiger partial charge in [-0.25, -0.2) is 9.38 Å². The van der Waals surface area contributed by atoms with Crippen molar-refractivity contribution in [1.29, 1.82) is 0 Å². The third-order valence-corrected chi connectivity index (χ3v) is 6.25. The molecule has 2 aromatic rings. The molecular weight excluding hydrogens is 391 g/mol. The van der Waals surface area contributed by atoms with Crippen LogP contribution in [0.4, 0.5) is 4.39 Å². The van der Waals surface area contributed by atoms with E-state index in [9.17, 15) is 4.39 Å². The molecule has 6 heteroatoms. The molecule has 1 saturated carbocycles. The van der Waals surface area contributed by atoms with Crippen molar-refractivity contribution in [3.8, 4) is 0 Å². The number of halogens is 1. The predicted octanol–water partition coefficient (Wildman–Crippen LogP) is 3.44. The van der Waals surface area contributed by atoms with Crippen LogP contribution >= 0.6 is 0 Å². The molecule has 0 unspecified atom stereocenters. The molecule has 31 heavy (non-hydrogen) atoms. The second-order valence-corrected chi connectivity index (χ2v) is 8.50. The van der Waals surface area contributed by atoms with Crippen molar-refractivity contribution >= 4 is 5.96 Å². The Balaban J connectivity index is 1.40. The van der Waals surface area contributed by atoms with Crippen molar-refractivity contribution in [3.05, 3.63) is 71.0 Å². The molecule has 2 aromatic carbocycles. The van der Waals surface area contributed by atoms with Crippen LogP contribution in [0.2, 0.25) is 0 Å². The minimum absolute atomic E-state index is 0.0204. The molecule has 0 spiro atoms. The molecule has 4 rings (SSSR count). The Hall–Kier alpha value is -2.44. The van der Waals surface area contributed by atoms with E-state index in [-0.39, 0.29) is 11.2 Å². The summed E-state index contributed by atoms with van der Waals surface area (Å²) in [6.07, 6.45) is 2.15. The monoisotopic (exact) mass is 424 g/mol. The van der Waals surface area contributed by atoms with Gasteiger partial charge in [0.1, 0.15) is 5.82 Å². The van der Waals surface area contributed by atoms with Crippen molar-refractivity contribution in [2.24, 2.45) is 4.99 Å². The average Bonchev–Trinajstić information content (AvgIpc) is 3.59. The summed E-state index contributed by atoms with van der Waals surface area (Å²) in [5.74, 6) is 0.646. The first-order valence-corrected chi connectivity index (χ1v) is 11.3. The van der Waals surface area contributed by atoms with E-state index >= 15 is 0 Å². The molecule has 2 aliphatic rings. The van der Waals surface area contributed by atoms with E-state index in [0.717, 1.165) is 70.3 Å². The number of morpholine rings is 1. The molecule has 0 aromatic heterocycles. The number of hydrogen-bond donors (Lipinski definition) is 2. The summed E-state index contributed by atoms with van der Waals surface area (Å²) in [7, 11) is 0. The van der Waals surface area contributed by atoms with Crippen molar-refractivity contribution in [3.63, 3.8) is 0 Å². The minimum atomic E-state index is -0.166. The Morgan fingerprint density at radius 1 is 1.06 bits per heavy atom. The number of nitrogens with one attached hydrogen (secondary N) is 2. The fourth-order valence-corrected chi connectivity index (χ4v) is 4.16. The van der Waals surface area contributed by atoms with Crippen LogP contribution in [0.15, 0.2) is 53.5 Å². The molecule has 1 aliphatic carbocycles. The normalized spacial score (nSPS) is 18.6. The van der Waals surface area contributed by atoms with Gasteiger partial charge in [-0.3, -0.25) is 4.90 Å². The van der Waals surface area contributed by atoms with E-state index < -0.39 is 0 Å². The second kappa shape index (κ2) is 10.2. The maximum Gasteiger partial charge on any atom is 0.191 e. The van der Waals surface area contributed by atoms with Gasteiger partial charge in [0, 0.05) is 38.1 Å². The molecule has 1 aliphatic heterocycles. The van der Waals surface area contributed by atoms with Gasteiger partial charge in [-0.2, -0.15) is 0 Å². The summed E-state index contributed by atoms with van der Waals surface area (Å²) in [5, 5.41) is 6.86. The van der Waals surface area contributed by atoms with Gasteiger partial charge in [-0.1, -0.05) is 36.4 Å². The number of ether oxygens (including phenoxy) is 1. The Morgan fingerprint density at radius 3 is 2.55 bits per heavy atom. The molecular formula is C25H33FN4O. The van der Waals surface area contributed by atoms with Gasteiger partial charge >= 0.3 is 0 Å². The third-order valence-electron chi connectivity index (χ3n) is 6.25. The maximum absolute atomic E-state index is 13.7. The predicted molar refractivity (Wildman–Crippen MR) is 123 cm³/mol. The molecule has 2 N–H and O–H groups in total. The van der Waals surface area contributed by atoms with Crippen LogP contribution < -0.4 is 10.6 Å². The third kappa shape index (κ3) is 5.83. The van der Waals surface area contributed by atoms with Gasteiger partial charge < -0.3 is 15.4 Å². The summed E-state index contributed by atoms with van der Waals surface area (Å²) in [5.41, 5.74) is 3.67. The molecule has 5 nitrogen and oxygen atoms in total. The highest BCUT2D eigenvalue weighted by molar-refractivity contribution is 5.80. The van der Waals surface area contributed by atoms with E-state index in [1.807, 2.05) is 6.07 Å². The number of rotatable bonds is 8. The molecule has 166 valence electrons. The van der Waals surface area contributed by atoms with E-state index in [1.54, 1.807) is 12.1 Å². The summed E-state index contributed by atoms with van der Waals surface area (Å²) < 4.78 is 19.2. The lowest BCUT2D eigenvalue weighted by molar-refractivity contribution is 0.0341. The largest absolute Gasteiger partial charge is 0.379 e. The Kier molecular flexibility index (Phi) is 7.20. The second-order valence-electron chi connectivity index (χ2n) is 8.50. The van der Waals surface area contributed by atoms with Gasteiger partial charge in [-0.15, -0.1) is 0 Å². The Labute approximate surface area is 184 Å². The molecule has 0 atom stereocenters. The van der Waals surface area contributed by atoms with E-state index in [2.05, 4.69) is 46.7 Å². The van der Waals surface area contributed by atoms with Crippen LogP contribution in [0.3, 0.4) is 0 Å². The number of guanidine groups is 1. The zero-order chi connectivity index (χ0) is 21.5. The van der Waals surface area contributed by atoms with Crippen LogP contribution in [0.5, 0.6) is 0 Å². The molecule has 0 amide bonds. The zero-order valence-electron chi connectivity index (χ0n) is 18.4. The van der Waals surface area contributed by atoms with Gasteiger partial charge in [-0.05, 0) is 48.6 Å². The van der Waals surface area contributed by atoms with Gasteiger partial charge in [0.25, 0.3) is 0 Å². The first-order valence-electron chi connectivity index (χ1n) is 11.3. The number of hydrogen-bond acceptors (Lipinski definition) is 3. The summed E-state index contributed by atoms with van der Waals surface area (Å²) >= 11 is 0. The van der Waals surface area contributed by atoms with E-state index in [4.69, 9.17) is 9.73 Å². The van der Waals surface area contributed by atoms with Crippen molar-refractivity contribution in [2.75, 3.05) is 39.4 Å². The molecule has 2 fully saturated rings. The first kappa shape index (κ1) is 21.8. The topological polar surface area (TPSA) is 48.9 Å². The maximum atomic E-state index is 13.7. The van der Waals surface area contributed by atoms with E-state index in [1.165, 1.54) is 17.2 Å². The lowest BCUT2D eigenvalue weighted by Gasteiger charge is -2.27. The molecule has 1 saturated heterocycles. The molecule has 0 bridgehead atoms. The minimum Gasteiger partial charge on any atom is -0.379 e. The average molecular weight is 425 g/mol. The van der Waals surface area contributed by atoms with Gasteiger partial charge in [0.05, 0.1) is 19.8 Å². The number of aliphatic imine (C=N–C) groups is 1. The summed E-state index contributed by atoms with van der Waals surface area (Å²) in [4.78, 5) is 7.29. The molecule has 1 heterocycles. The van der Waals surface area contributed by atoms with E-state index in [0.29, 0.717) is 6.54 Å².